The molecule has 18 heavy (non-hydrogen) atoms. The third-order valence-corrected chi connectivity index (χ3v) is 2.58. The average Bonchev–Trinajstić information content (AvgIpc) is 2.13. The molecule has 0 fully saturated rings. The number of quaternary nitrogens is 1. The molecule has 5 heteroatoms. The molecule has 0 aliphatic carbocycles. The summed E-state index contributed by atoms with van der Waals surface area (Å²) >= 11 is 5.37. The number of halogens is 1. The van der Waals surface area contributed by atoms with Crippen LogP contribution in [0.2, 0.25) is 0 Å². The number of esters is 1. The molecule has 0 aromatic heterocycles. The number of hydrogen-bond donors (Lipinski definition) is 0. The Bertz CT molecular complexity index is 274. The molecule has 0 heterocycles. The first kappa shape index (κ1) is 17.4. The van der Waals surface area contributed by atoms with Crippen molar-refractivity contribution in [2.24, 2.45) is 0 Å². The van der Waals surface area contributed by atoms with E-state index in [0.29, 0.717) is 17.4 Å². The smallest absolute Gasteiger partial charge is 0.306 e. The van der Waals surface area contributed by atoms with Crippen LogP contribution in [-0.2, 0) is 14.3 Å². The SMILES string of the molecule is CCCCCC(=O)OC(CC(=O)Cl)C[N+](C)(C)C. The molecule has 1 unspecified atom stereocenters. The minimum absolute atomic E-state index is 0.0800. The largest absolute Gasteiger partial charge is 0.456 e. The van der Waals surface area contributed by atoms with Crippen molar-refractivity contribution >= 4 is 22.8 Å². The number of ether oxygens (including phenoxy) is 1. The van der Waals surface area contributed by atoms with Gasteiger partial charge in [0.05, 0.1) is 27.6 Å². The molecule has 0 aliphatic rings. The van der Waals surface area contributed by atoms with E-state index in [4.69, 9.17) is 16.3 Å². The summed E-state index contributed by atoms with van der Waals surface area (Å²) in [4.78, 5) is 22.6. The summed E-state index contributed by atoms with van der Waals surface area (Å²) in [7, 11) is 5.95. The summed E-state index contributed by atoms with van der Waals surface area (Å²) in [6.45, 7) is 2.66. The highest BCUT2D eigenvalue weighted by Crippen LogP contribution is 2.10. The maximum absolute atomic E-state index is 11.6. The maximum atomic E-state index is 11.6. The standard InChI is InChI=1S/C13H25ClNO3/c1-5-6-7-8-13(17)18-11(9-12(14)16)10-15(2,3)4/h11H,5-10H2,1-4H3/q+1. The molecule has 0 amide bonds. The molecule has 0 spiro atoms. The van der Waals surface area contributed by atoms with Crippen LogP contribution in [0.1, 0.15) is 39.0 Å². The Kier molecular flexibility index (Phi) is 8.20. The second-order valence-corrected chi connectivity index (χ2v) is 6.02. The van der Waals surface area contributed by atoms with Gasteiger partial charge in [0, 0.05) is 6.42 Å². The zero-order chi connectivity index (χ0) is 14.2. The van der Waals surface area contributed by atoms with E-state index in [9.17, 15) is 9.59 Å². The molecular formula is C13H25ClNO3+. The summed E-state index contributed by atoms with van der Waals surface area (Å²) < 4.78 is 5.95. The molecule has 4 nitrogen and oxygen atoms in total. The Balaban J connectivity index is 4.22. The number of rotatable bonds is 9. The molecule has 0 aromatic rings. The van der Waals surface area contributed by atoms with Gasteiger partial charge >= 0.3 is 5.97 Å². The Morgan fingerprint density at radius 3 is 2.28 bits per heavy atom. The van der Waals surface area contributed by atoms with Crippen LogP contribution in [0, 0.1) is 0 Å². The summed E-state index contributed by atoms with van der Waals surface area (Å²) in [5.74, 6) is -0.236. The maximum Gasteiger partial charge on any atom is 0.306 e. The molecule has 0 saturated carbocycles. The van der Waals surface area contributed by atoms with Crippen molar-refractivity contribution in [3.05, 3.63) is 0 Å². The van der Waals surface area contributed by atoms with E-state index in [1.54, 1.807) is 0 Å². The van der Waals surface area contributed by atoms with Gasteiger partial charge in [0.2, 0.25) is 5.24 Å². The van der Waals surface area contributed by atoms with Crippen LogP contribution in [0.5, 0.6) is 0 Å². The van der Waals surface area contributed by atoms with E-state index < -0.39 is 11.3 Å². The van der Waals surface area contributed by atoms with Crippen molar-refractivity contribution in [1.29, 1.82) is 0 Å². The van der Waals surface area contributed by atoms with Gasteiger partial charge in [-0.3, -0.25) is 9.59 Å². The second kappa shape index (κ2) is 8.48. The summed E-state index contributed by atoms with van der Waals surface area (Å²) in [5.41, 5.74) is 0. The summed E-state index contributed by atoms with van der Waals surface area (Å²) in [5, 5.41) is -0.463. The fraction of sp³-hybridized carbons (Fsp3) is 0.846. The van der Waals surface area contributed by atoms with E-state index in [1.165, 1.54) is 0 Å². The van der Waals surface area contributed by atoms with E-state index >= 15 is 0 Å². The highest BCUT2D eigenvalue weighted by Gasteiger charge is 2.24. The van der Waals surface area contributed by atoms with E-state index in [1.807, 2.05) is 21.1 Å². The van der Waals surface area contributed by atoms with Crippen LogP contribution in [0.15, 0.2) is 0 Å². The molecule has 0 aromatic carbocycles. The minimum atomic E-state index is -0.463. The fourth-order valence-electron chi connectivity index (χ4n) is 1.70. The Labute approximate surface area is 115 Å². The van der Waals surface area contributed by atoms with Gasteiger partial charge in [-0.2, -0.15) is 0 Å². The van der Waals surface area contributed by atoms with Crippen LogP contribution >= 0.6 is 11.6 Å². The van der Waals surface area contributed by atoms with E-state index in [2.05, 4.69) is 6.92 Å². The quantitative estimate of drug-likeness (QED) is 0.281. The Morgan fingerprint density at radius 1 is 1.22 bits per heavy atom. The zero-order valence-electron chi connectivity index (χ0n) is 11.9. The third-order valence-electron chi connectivity index (χ3n) is 2.42. The first-order chi connectivity index (χ1) is 8.24. The lowest BCUT2D eigenvalue weighted by Crippen LogP contribution is -2.43. The number of nitrogens with zero attached hydrogens (tertiary/aromatic N) is 1. The van der Waals surface area contributed by atoms with Gasteiger partial charge in [-0.25, -0.2) is 0 Å². The molecule has 0 radical (unpaired) electrons. The molecule has 106 valence electrons. The van der Waals surface area contributed by atoms with Crippen molar-refractivity contribution in [3.63, 3.8) is 0 Å². The number of likely N-dealkylation sites (N-methyl/N-ethyl adjacent to an activating group) is 1. The van der Waals surface area contributed by atoms with Gasteiger partial charge in [-0.15, -0.1) is 0 Å². The molecular weight excluding hydrogens is 254 g/mol. The molecule has 1 atom stereocenters. The van der Waals surface area contributed by atoms with Crippen LogP contribution in [-0.4, -0.2) is 49.5 Å². The monoisotopic (exact) mass is 278 g/mol. The number of unbranched alkanes of at least 4 members (excludes halogenated alkanes) is 2. The topological polar surface area (TPSA) is 43.4 Å². The van der Waals surface area contributed by atoms with Gasteiger partial charge in [-0.1, -0.05) is 19.8 Å². The minimum Gasteiger partial charge on any atom is -0.456 e. The molecule has 0 N–H and O–H groups in total. The lowest BCUT2D eigenvalue weighted by atomic mass is 10.2. The normalized spacial score (nSPS) is 13.2. The Morgan fingerprint density at radius 2 is 1.83 bits per heavy atom. The molecule has 0 bridgehead atoms. The van der Waals surface area contributed by atoms with Crippen LogP contribution in [0.25, 0.3) is 0 Å². The van der Waals surface area contributed by atoms with Crippen molar-refractivity contribution in [3.8, 4) is 0 Å². The van der Waals surface area contributed by atoms with Crippen molar-refractivity contribution in [1.82, 2.24) is 0 Å². The first-order valence-electron chi connectivity index (χ1n) is 6.43. The highest BCUT2D eigenvalue weighted by atomic mass is 35.5. The lowest BCUT2D eigenvalue weighted by molar-refractivity contribution is -0.873. The Hall–Kier alpha value is -0.610. The van der Waals surface area contributed by atoms with Gasteiger partial charge < -0.3 is 9.22 Å². The number of carbonyl (C=O) groups excluding carboxylic acids is 2. The van der Waals surface area contributed by atoms with Crippen LogP contribution < -0.4 is 0 Å². The third kappa shape index (κ3) is 10.5. The molecule has 0 saturated heterocycles. The zero-order valence-corrected chi connectivity index (χ0v) is 12.6. The number of carbonyl (C=O) groups is 2. The lowest BCUT2D eigenvalue weighted by Gasteiger charge is -2.28. The summed E-state index contributed by atoms with van der Waals surface area (Å²) in [6, 6.07) is 0. The first-order valence-corrected chi connectivity index (χ1v) is 6.80. The van der Waals surface area contributed by atoms with E-state index in [0.717, 1.165) is 19.3 Å². The predicted molar refractivity (Wildman–Crippen MR) is 72.4 cm³/mol. The highest BCUT2D eigenvalue weighted by molar-refractivity contribution is 6.63. The average molecular weight is 279 g/mol. The number of hydrogen-bond acceptors (Lipinski definition) is 3. The van der Waals surface area contributed by atoms with Gasteiger partial charge in [-0.05, 0) is 18.0 Å². The van der Waals surface area contributed by atoms with Crippen LogP contribution in [0.3, 0.4) is 0 Å². The predicted octanol–water partition coefficient (Wildman–Crippen LogP) is 2.34. The van der Waals surface area contributed by atoms with Crippen molar-refractivity contribution in [2.75, 3.05) is 27.7 Å². The second-order valence-electron chi connectivity index (χ2n) is 5.60. The van der Waals surface area contributed by atoms with Gasteiger partial charge in [0.15, 0.2) is 6.10 Å². The van der Waals surface area contributed by atoms with Gasteiger partial charge in [0.25, 0.3) is 0 Å². The van der Waals surface area contributed by atoms with Crippen LogP contribution in [0.4, 0.5) is 0 Å². The van der Waals surface area contributed by atoms with E-state index in [-0.39, 0.29) is 12.4 Å². The van der Waals surface area contributed by atoms with Crippen molar-refractivity contribution in [2.45, 2.75) is 45.1 Å². The molecule has 0 rings (SSSR count). The van der Waals surface area contributed by atoms with Gasteiger partial charge in [0.1, 0.15) is 6.54 Å². The fourth-order valence-corrected chi connectivity index (χ4v) is 1.87. The molecule has 0 aliphatic heterocycles. The van der Waals surface area contributed by atoms with Crippen molar-refractivity contribution < 1.29 is 18.8 Å². The summed E-state index contributed by atoms with van der Waals surface area (Å²) in [6.07, 6.45) is 2.99.